The molecule has 10 nitrogen and oxygen atoms in total. The molecule has 1 saturated heterocycles. The lowest BCUT2D eigenvalue weighted by Gasteiger charge is -2.40. The zero-order valence-corrected chi connectivity index (χ0v) is 23.5. The number of piperazine rings is 1. The standard InChI is InChI=1S/C30H28ClFN6O4/c1-19-15-37(26-3-2-4-28(35-26)42-18-21-5-7-22(31)14-23(21)32)11-10-36(19)16-27-34-24-8-6-20(30(39)40)13-25(24)38(27)17-29-33-9-12-41-29/h2-9,12-14,19H,10-11,15-18H2,1H3,(H,39,40)/t19-/m0/s1. The SMILES string of the molecule is C[C@H]1CN(c2cccc(OCc3ccc(Cl)cc3F)n2)CCN1Cc1nc2ccc(C(=O)O)cc2n1Cc1ncco1. The molecule has 2 aromatic carbocycles. The fourth-order valence-electron chi connectivity index (χ4n) is 5.14. The summed E-state index contributed by atoms with van der Waals surface area (Å²) in [5.74, 6) is 1.10. The molecule has 42 heavy (non-hydrogen) atoms. The molecule has 0 bridgehead atoms. The lowest BCUT2D eigenvalue weighted by molar-refractivity contribution is 0.0697. The molecule has 0 unspecified atom stereocenters. The van der Waals surface area contributed by atoms with E-state index in [1.165, 1.54) is 12.3 Å². The Hall–Kier alpha value is -4.48. The van der Waals surface area contributed by atoms with Crippen molar-refractivity contribution in [2.45, 2.75) is 32.7 Å². The van der Waals surface area contributed by atoms with Crippen LogP contribution in [0, 0.1) is 5.82 Å². The van der Waals surface area contributed by atoms with Crippen molar-refractivity contribution in [3.63, 3.8) is 0 Å². The van der Waals surface area contributed by atoms with Crippen LogP contribution in [0.3, 0.4) is 0 Å². The van der Waals surface area contributed by atoms with Crippen LogP contribution in [0.5, 0.6) is 5.88 Å². The second-order valence-electron chi connectivity index (χ2n) is 10.2. The Morgan fingerprint density at radius 2 is 2.02 bits per heavy atom. The minimum atomic E-state index is -0.993. The Morgan fingerprint density at radius 1 is 1.14 bits per heavy atom. The third kappa shape index (κ3) is 5.93. The average Bonchev–Trinajstić information content (AvgIpc) is 3.61. The number of hydrogen-bond donors (Lipinski definition) is 1. The summed E-state index contributed by atoms with van der Waals surface area (Å²) < 4.78 is 27.4. The normalized spacial score (nSPS) is 15.8. The van der Waals surface area contributed by atoms with Gasteiger partial charge >= 0.3 is 5.97 Å². The molecule has 12 heteroatoms. The summed E-state index contributed by atoms with van der Waals surface area (Å²) in [6.07, 6.45) is 3.10. The number of nitrogens with zero attached hydrogens (tertiary/aromatic N) is 6. The van der Waals surface area contributed by atoms with Gasteiger partial charge in [-0.25, -0.2) is 19.2 Å². The van der Waals surface area contributed by atoms with Crippen LogP contribution in [-0.2, 0) is 19.7 Å². The maximum atomic E-state index is 14.2. The number of fused-ring (bicyclic) bond motifs is 1. The Bertz CT molecular complexity index is 1730. The van der Waals surface area contributed by atoms with E-state index in [0.717, 1.165) is 31.3 Å². The summed E-state index contributed by atoms with van der Waals surface area (Å²) in [4.78, 5) is 29.9. The Labute approximate surface area is 245 Å². The van der Waals surface area contributed by atoms with Crippen LogP contribution < -0.4 is 9.64 Å². The maximum Gasteiger partial charge on any atom is 0.335 e. The number of oxazole rings is 1. The summed E-state index contributed by atoms with van der Waals surface area (Å²) >= 11 is 5.85. The molecule has 1 aliphatic rings. The Morgan fingerprint density at radius 3 is 2.79 bits per heavy atom. The predicted octanol–water partition coefficient (Wildman–Crippen LogP) is 5.25. The van der Waals surface area contributed by atoms with Gasteiger partial charge in [0.15, 0.2) is 0 Å². The molecule has 3 aromatic heterocycles. The number of benzene rings is 2. The van der Waals surface area contributed by atoms with Crippen LogP contribution in [0.2, 0.25) is 5.02 Å². The highest BCUT2D eigenvalue weighted by molar-refractivity contribution is 6.30. The van der Waals surface area contributed by atoms with Gasteiger partial charge in [-0.2, -0.15) is 4.98 Å². The van der Waals surface area contributed by atoms with E-state index in [1.807, 2.05) is 16.7 Å². The number of carboxylic acid groups (broad SMARTS) is 1. The third-order valence-corrected chi connectivity index (χ3v) is 7.62. The van der Waals surface area contributed by atoms with Gasteiger partial charge in [0.05, 0.1) is 29.3 Å². The number of halogens is 2. The maximum absolute atomic E-state index is 14.2. The summed E-state index contributed by atoms with van der Waals surface area (Å²) in [6.45, 7) is 5.32. The molecule has 0 radical (unpaired) electrons. The van der Waals surface area contributed by atoms with E-state index in [-0.39, 0.29) is 18.2 Å². The molecular weight excluding hydrogens is 563 g/mol. The van der Waals surface area contributed by atoms with E-state index in [0.29, 0.717) is 46.5 Å². The average molecular weight is 591 g/mol. The zero-order valence-electron chi connectivity index (χ0n) is 22.8. The monoisotopic (exact) mass is 590 g/mol. The lowest BCUT2D eigenvalue weighted by Crippen LogP contribution is -2.52. The number of hydrogen-bond acceptors (Lipinski definition) is 8. The quantitative estimate of drug-likeness (QED) is 0.246. The third-order valence-electron chi connectivity index (χ3n) is 7.38. The van der Waals surface area contributed by atoms with Gasteiger partial charge in [-0.15, -0.1) is 0 Å². The summed E-state index contributed by atoms with van der Waals surface area (Å²) in [5, 5.41) is 9.86. The second-order valence-corrected chi connectivity index (χ2v) is 10.6. The van der Waals surface area contributed by atoms with Crippen LogP contribution in [0.15, 0.2) is 71.5 Å². The van der Waals surface area contributed by atoms with Crippen LogP contribution in [0.25, 0.3) is 11.0 Å². The van der Waals surface area contributed by atoms with E-state index in [9.17, 15) is 14.3 Å². The predicted molar refractivity (Wildman–Crippen MR) is 154 cm³/mol. The van der Waals surface area contributed by atoms with Crippen molar-refractivity contribution in [1.82, 2.24) is 24.4 Å². The van der Waals surface area contributed by atoms with E-state index in [2.05, 4.69) is 26.7 Å². The van der Waals surface area contributed by atoms with Crippen LogP contribution in [0.4, 0.5) is 10.2 Å². The van der Waals surface area contributed by atoms with Crippen molar-refractivity contribution in [3.05, 3.63) is 101 Å². The fourth-order valence-corrected chi connectivity index (χ4v) is 5.30. The molecule has 4 heterocycles. The zero-order chi connectivity index (χ0) is 29.2. The van der Waals surface area contributed by atoms with Gasteiger partial charge in [-0.05, 0) is 43.3 Å². The van der Waals surface area contributed by atoms with E-state index < -0.39 is 11.8 Å². The molecule has 0 amide bonds. The smallest absolute Gasteiger partial charge is 0.335 e. The number of ether oxygens (including phenoxy) is 1. The van der Waals surface area contributed by atoms with Crippen molar-refractivity contribution < 1.29 is 23.4 Å². The van der Waals surface area contributed by atoms with Gasteiger partial charge in [-0.3, -0.25) is 4.90 Å². The topological polar surface area (TPSA) is 110 Å². The number of carbonyl (C=O) groups is 1. The second kappa shape index (κ2) is 11.8. The molecule has 6 rings (SSSR count). The largest absolute Gasteiger partial charge is 0.478 e. The van der Waals surface area contributed by atoms with Crippen LogP contribution >= 0.6 is 11.6 Å². The van der Waals surface area contributed by atoms with Gasteiger partial charge in [0.1, 0.15) is 36.9 Å². The van der Waals surface area contributed by atoms with Gasteiger partial charge in [0.2, 0.25) is 11.8 Å². The molecular formula is C30H28ClFN6O4. The molecule has 1 aliphatic heterocycles. The summed E-state index contributed by atoms with van der Waals surface area (Å²) in [7, 11) is 0. The van der Waals surface area contributed by atoms with Crippen LogP contribution in [0.1, 0.15) is 34.6 Å². The molecule has 216 valence electrons. The van der Waals surface area contributed by atoms with E-state index in [1.54, 1.807) is 42.6 Å². The highest BCUT2D eigenvalue weighted by Gasteiger charge is 2.27. The van der Waals surface area contributed by atoms with Gasteiger partial charge in [-0.1, -0.05) is 23.7 Å². The highest BCUT2D eigenvalue weighted by Crippen LogP contribution is 2.25. The first-order valence-corrected chi connectivity index (χ1v) is 13.9. The van der Waals surface area contributed by atoms with Gasteiger partial charge < -0.3 is 23.7 Å². The number of aromatic nitrogens is 4. The van der Waals surface area contributed by atoms with E-state index >= 15 is 0 Å². The summed E-state index contributed by atoms with van der Waals surface area (Å²) in [5.41, 5.74) is 2.03. The minimum Gasteiger partial charge on any atom is -0.478 e. The van der Waals surface area contributed by atoms with Crippen molar-refractivity contribution >= 4 is 34.4 Å². The molecule has 1 fully saturated rings. The first-order valence-electron chi connectivity index (χ1n) is 13.5. The number of imidazole rings is 1. The highest BCUT2D eigenvalue weighted by atomic mass is 35.5. The van der Waals surface area contributed by atoms with Crippen molar-refractivity contribution in [3.8, 4) is 5.88 Å². The molecule has 5 aromatic rings. The first kappa shape index (κ1) is 27.7. The number of carboxylic acids is 1. The Kier molecular flexibility index (Phi) is 7.77. The molecule has 0 saturated carbocycles. The lowest BCUT2D eigenvalue weighted by atomic mass is 10.2. The number of pyridine rings is 1. The van der Waals surface area contributed by atoms with Crippen molar-refractivity contribution in [2.24, 2.45) is 0 Å². The number of aromatic carboxylic acids is 1. The molecule has 0 aliphatic carbocycles. The Balaban J connectivity index is 1.16. The van der Waals surface area contributed by atoms with E-state index in [4.69, 9.17) is 25.7 Å². The minimum absolute atomic E-state index is 0.0477. The van der Waals surface area contributed by atoms with Crippen molar-refractivity contribution in [1.29, 1.82) is 0 Å². The fraction of sp³-hybridized carbons (Fsp3) is 0.267. The number of rotatable bonds is 9. The molecule has 1 N–H and O–H groups in total. The van der Waals surface area contributed by atoms with Gasteiger partial charge in [0, 0.05) is 42.3 Å². The molecule has 0 spiro atoms. The van der Waals surface area contributed by atoms with Gasteiger partial charge in [0.25, 0.3) is 0 Å². The van der Waals surface area contributed by atoms with Crippen molar-refractivity contribution in [2.75, 3.05) is 24.5 Å². The number of anilines is 1. The van der Waals surface area contributed by atoms with Crippen LogP contribution in [-0.4, -0.2) is 61.2 Å². The summed E-state index contributed by atoms with van der Waals surface area (Å²) in [6, 6.07) is 15.2. The first-order chi connectivity index (χ1) is 20.3. The molecule has 1 atom stereocenters.